The summed E-state index contributed by atoms with van der Waals surface area (Å²) in [7, 11) is 0. The van der Waals surface area contributed by atoms with Gasteiger partial charge in [0.2, 0.25) is 0 Å². The smallest absolute Gasteiger partial charge is 0.337 e. The zero-order valence-corrected chi connectivity index (χ0v) is 20.5. The van der Waals surface area contributed by atoms with Gasteiger partial charge in [-0.1, -0.05) is 92.2 Å². The van der Waals surface area contributed by atoms with Gasteiger partial charge in [0, 0.05) is 29.9 Å². The summed E-state index contributed by atoms with van der Waals surface area (Å²) < 4.78 is 8.84. The van der Waals surface area contributed by atoms with Gasteiger partial charge in [0.1, 0.15) is 5.60 Å². The molecule has 2 atom stereocenters. The van der Waals surface area contributed by atoms with Crippen molar-refractivity contribution in [2.75, 3.05) is 0 Å². The maximum absolute atomic E-state index is 12.5. The SMILES string of the molecule is CCCCc1c(C2(OC(C(=O)O)c3ccccc3)C=CC(c3ccccc3)=CC2)cn2ccccc12. The lowest BCUT2D eigenvalue weighted by molar-refractivity contribution is -0.161. The van der Waals surface area contributed by atoms with Crippen LogP contribution in [0, 0.1) is 0 Å². The molecule has 1 N–H and O–H groups in total. The zero-order chi connectivity index (χ0) is 25.0. The van der Waals surface area contributed by atoms with Crippen molar-refractivity contribution in [2.24, 2.45) is 0 Å². The fraction of sp³-hybridized carbons (Fsp3) is 0.219. The summed E-state index contributed by atoms with van der Waals surface area (Å²) in [4.78, 5) is 12.5. The number of ether oxygens (including phenoxy) is 1. The molecule has 182 valence electrons. The molecule has 2 aromatic heterocycles. The Morgan fingerprint density at radius 2 is 1.75 bits per heavy atom. The van der Waals surface area contributed by atoms with E-state index in [1.807, 2.05) is 60.8 Å². The normalized spacial score (nSPS) is 18.2. The van der Waals surface area contributed by atoms with Crippen molar-refractivity contribution in [1.82, 2.24) is 4.40 Å². The van der Waals surface area contributed by atoms with Crippen molar-refractivity contribution in [2.45, 2.75) is 44.3 Å². The molecule has 1 aliphatic rings. The van der Waals surface area contributed by atoms with E-state index < -0.39 is 17.7 Å². The van der Waals surface area contributed by atoms with Gasteiger partial charge in [-0.15, -0.1) is 0 Å². The van der Waals surface area contributed by atoms with E-state index in [2.05, 4.69) is 60.0 Å². The zero-order valence-electron chi connectivity index (χ0n) is 20.5. The third kappa shape index (κ3) is 4.65. The number of hydrogen-bond acceptors (Lipinski definition) is 2. The molecule has 0 aliphatic heterocycles. The highest BCUT2D eigenvalue weighted by atomic mass is 16.5. The summed E-state index contributed by atoms with van der Waals surface area (Å²) in [5.74, 6) is -0.995. The largest absolute Gasteiger partial charge is 0.479 e. The third-order valence-electron chi connectivity index (χ3n) is 6.95. The molecular formula is C32H31NO3. The average molecular weight is 478 g/mol. The monoisotopic (exact) mass is 477 g/mol. The van der Waals surface area contributed by atoms with Gasteiger partial charge < -0.3 is 14.2 Å². The van der Waals surface area contributed by atoms with E-state index in [4.69, 9.17) is 4.74 Å². The highest BCUT2D eigenvalue weighted by Gasteiger charge is 2.40. The number of aliphatic carboxylic acids is 1. The summed E-state index contributed by atoms with van der Waals surface area (Å²) >= 11 is 0. The Hall–Kier alpha value is -3.89. The van der Waals surface area contributed by atoms with Crippen LogP contribution in [0.25, 0.3) is 11.1 Å². The molecule has 0 bridgehead atoms. The Labute approximate surface area is 212 Å². The number of rotatable bonds is 9. The number of pyridine rings is 1. The lowest BCUT2D eigenvalue weighted by Gasteiger charge is -2.36. The summed E-state index contributed by atoms with van der Waals surface area (Å²) in [5, 5.41) is 10.2. The fourth-order valence-corrected chi connectivity index (χ4v) is 5.08. The van der Waals surface area contributed by atoms with Crippen molar-refractivity contribution >= 4 is 17.1 Å². The number of aryl methyl sites for hydroxylation is 1. The first kappa shape index (κ1) is 23.8. The molecule has 2 aromatic carbocycles. The first-order valence-corrected chi connectivity index (χ1v) is 12.6. The molecular weight excluding hydrogens is 446 g/mol. The van der Waals surface area contributed by atoms with E-state index in [0.717, 1.165) is 41.5 Å². The topological polar surface area (TPSA) is 50.9 Å². The molecule has 4 aromatic rings. The molecule has 0 radical (unpaired) electrons. The second kappa shape index (κ2) is 10.4. The highest BCUT2D eigenvalue weighted by molar-refractivity contribution is 5.77. The van der Waals surface area contributed by atoms with E-state index in [1.165, 1.54) is 5.56 Å². The minimum Gasteiger partial charge on any atom is -0.479 e. The lowest BCUT2D eigenvalue weighted by atomic mass is 9.82. The van der Waals surface area contributed by atoms with Crippen LogP contribution in [0.2, 0.25) is 0 Å². The molecule has 0 amide bonds. The average Bonchev–Trinajstić information content (AvgIpc) is 3.31. The Morgan fingerprint density at radius 1 is 1.03 bits per heavy atom. The van der Waals surface area contributed by atoms with Crippen molar-refractivity contribution in [3.8, 4) is 0 Å². The molecule has 0 saturated heterocycles. The van der Waals surface area contributed by atoms with Crippen LogP contribution < -0.4 is 0 Å². The molecule has 0 spiro atoms. The second-order valence-corrected chi connectivity index (χ2v) is 9.32. The lowest BCUT2D eigenvalue weighted by Crippen LogP contribution is -2.33. The maximum atomic E-state index is 12.5. The number of carbonyl (C=O) groups is 1. The van der Waals surface area contributed by atoms with Crippen LogP contribution in [0.3, 0.4) is 0 Å². The van der Waals surface area contributed by atoms with Crippen LogP contribution in [0.4, 0.5) is 0 Å². The highest BCUT2D eigenvalue weighted by Crippen LogP contribution is 2.44. The maximum Gasteiger partial charge on any atom is 0.337 e. The van der Waals surface area contributed by atoms with Crippen LogP contribution in [0.15, 0.2) is 109 Å². The number of carboxylic acid groups (broad SMARTS) is 1. The van der Waals surface area contributed by atoms with Crippen molar-refractivity contribution in [3.05, 3.63) is 132 Å². The Balaban J connectivity index is 1.64. The standard InChI is InChI=1S/C32H31NO3/c1-2-3-16-27-28(23-33-22-11-10-17-29(27)33)32(36-30(31(34)35)26-14-8-5-9-15-26)20-18-25(19-21-32)24-12-6-4-7-13-24/h4-15,17-20,22-23,30H,2-3,16,21H2,1H3,(H,34,35). The molecule has 1 aliphatic carbocycles. The number of nitrogens with zero attached hydrogens (tertiary/aromatic N) is 1. The quantitative estimate of drug-likeness (QED) is 0.274. The van der Waals surface area contributed by atoms with Gasteiger partial charge in [0.25, 0.3) is 0 Å². The predicted molar refractivity (Wildman–Crippen MR) is 144 cm³/mol. The summed E-state index contributed by atoms with van der Waals surface area (Å²) in [5.41, 5.74) is 5.36. The first-order chi connectivity index (χ1) is 17.6. The Kier molecular flexibility index (Phi) is 6.88. The van der Waals surface area contributed by atoms with Crippen molar-refractivity contribution < 1.29 is 14.6 Å². The minimum absolute atomic E-state index is 0.542. The van der Waals surface area contributed by atoms with E-state index in [1.54, 1.807) is 0 Å². The van der Waals surface area contributed by atoms with E-state index >= 15 is 0 Å². The number of unbranched alkanes of at least 4 members (excludes halogenated alkanes) is 1. The van der Waals surface area contributed by atoms with Gasteiger partial charge in [0.15, 0.2) is 6.10 Å². The molecule has 4 heteroatoms. The molecule has 0 fully saturated rings. The molecule has 2 heterocycles. The number of carboxylic acids is 1. The van der Waals surface area contributed by atoms with E-state index in [9.17, 15) is 9.90 Å². The van der Waals surface area contributed by atoms with Crippen molar-refractivity contribution in [1.29, 1.82) is 0 Å². The summed E-state index contributed by atoms with van der Waals surface area (Å²) in [6.07, 6.45) is 13.0. The molecule has 4 nitrogen and oxygen atoms in total. The van der Waals surface area contributed by atoms with Crippen LogP contribution in [0.5, 0.6) is 0 Å². The van der Waals surface area contributed by atoms with Crippen LogP contribution in [-0.4, -0.2) is 15.5 Å². The summed E-state index contributed by atoms with van der Waals surface area (Å²) in [6.45, 7) is 2.19. The molecule has 5 rings (SSSR count). The fourth-order valence-electron chi connectivity index (χ4n) is 5.08. The minimum atomic E-state index is -1.09. The van der Waals surface area contributed by atoms with Crippen LogP contribution in [-0.2, 0) is 21.6 Å². The van der Waals surface area contributed by atoms with E-state index in [0.29, 0.717) is 12.0 Å². The van der Waals surface area contributed by atoms with E-state index in [-0.39, 0.29) is 0 Å². The van der Waals surface area contributed by atoms with Crippen molar-refractivity contribution in [3.63, 3.8) is 0 Å². The Bertz CT molecular complexity index is 1400. The van der Waals surface area contributed by atoms with Gasteiger partial charge in [-0.3, -0.25) is 0 Å². The number of benzene rings is 2. The molecule has 2 unspecified atom stereocenters. The number of hydrogen-bond donors (Lipinski definition) is 1. The second-order valence-electron chi connectivity index (χ2n) is 9.32. The van der Waals surface area contributed by atoms with Gasteiger partial charge in [0.05, 0.1) is 0 Å². The molecule has 0 saturated carbocycles. The van der Waals surface area contributed by atoms with Gasteiger partial charge >= 0.3 is 5.97 Å². The number of allylic oxidation sites excluding steroid dienone is 2. The van der Waals surface area contributed by atoms with Gasteiger partial charge in [-0.2, -0.15) is 0 Å². The summed E-state index contributed by atoms with van der Waals surface area (Å²) in [6, 6.07) is 25.7. The van der Waals surface area contributed by atoms with Crippen LogP contribution in [0.1, 0.15) is 54.5 Å². The number of aromatic nitrogens is 1. The third-order valence-corrected chi connectivity index (χ3v) is 6.95. The van der Waals surface area contributed by atoms with Crippen LogP contribution >= 0.6 is 0 Å². The molecule has 36 heavy (non-hydrogen) atoms. The Morgan fingerprint density at radius 3 is 2.42 bits per heavy atom. The van der Waals surface area contributed by atoms with Gasteiger partial charge in [-0.25, -0.2) is 4.79 Å². The first-order valence-electron chi connectivity index (χ1n) is 12.6. The number of fused-ring (bicyclic) bond motifs is 1. The van der Waals surface area contributed by atoms with Gasteiger partial charge in [-0.05, 0) is 53.3 Å². The predicted octanol–water partition coefficient (Wildman–Crippen LogP) is 7.36.